The molecule has 0 radical (unpaired) electrons. The lowest BCUT2D eigenvalue weighted by Gasteiger charge is -2.11. The van der Waals surface area contributed by atoms with E-state index in [4.69, 9.17) is 16.1 Å². The minimum absolute atomic E-state index is 0.144. The summed E-state index contributed by atoms with van der Waals surface area (Å²) in [5.41, 5.74) is 1.65. The van der Waals surface area contributed by atoms with Crippen molar-refractivity contribution in [3.05, 3.63) is 63.3 Å². The van der Waals surface area contributed by atoms with Gasteiger partial charge in [0.05, 0.1) is 5.56 Å². The van der Waals surface area contributed by atoms with Crippen molar-refractivity contribution in [1.82, 2.24) is 14.7 Å². The fraction of sp³-hybridized carbons (Fsp3) is 0.263. The van der Waals surface area contributed by atoms with Crippen molar-refractivity contribution in [3.8, 4) is 11.5 Å². The van der Waals surface area contributed by atoms with Crippen LogP contribution in [0.4, 0.5) is 5.69 Å². The summed E-state index contributed by atoms with van der Waals surface area (Å²) in [5, 5.41) is 7.24. The summed E-state index contributed by atoms with van der Waals surface area (Å²) in [6, 6.07) is 8.23. The van der Waals surface area contributed by atoms with Crippen LogP contribution in [0.2, 0.25) is 5.02 Å². The van der Waals surface area contributed by atoms with Crippen LogP contribution < -0.4 is 10.9 Å². The van der Waals surface area contributed by atoms with Crippen LogP contribution in [-0.2, 0) is 17.8 Å². The summed E-state index contributed by atoms with van der Waals surface area (Å²) in [5.74, 6) is 0.592. The molecule has 0 aliphatic rings. The molecule has 8 heteroatoms. The maximum absolute atomic E-state index is 12.4. The molecule has 0 unspecified atom stereocenters. The second-order valence-corrected chi connectivity index (χ2v) is 6.52. The molecule has 1 amide bonds. The summed E-state index contributed by atoms with van der Waals surface area (Å²) in [7, 11) is 0. The maximum Gasteiger partial charge on any atom is 0.259 e. The van der Waals surface area contributed by atoms with Gasteiger partial charge in [-0.1, -0.05) is 29.7 Å². The molecule has 1 N–H and O–H groups in total. The number of benzene rings is 1. The van der Waals surface area contributed by atoms with Crippen LogP contribution in [0.15, 0.2) is 45.8 Å². The number of rotatable bonds is 6. The fourth-order valence-corrected chi connectivity index (χ4v) is 2.74. The maximum atomic E-state index is 12.4. The second kappa shape index (κ2) is 8.18. The van der Waals surface area contributed by atoms with E-state index in [1.165, 1.54) is 16.8 Å². The number of halogens is 1. The zero-order chi connectivity index (χ0) is 19.4. The molecule has 1 aromatic carbocycles. The molecule has 0 aliphatic carbocycles. The van der Waals surface area contributed by atoms with Crippen molar-refractivity contribution in [3.63, 3.8) is 0 Å². The number of carbonyl (C=O) groups excluding carboxylic acids is 1. The van der Waals surface area contributed by atoms with Gasteiger partial charge < -0.3 is 14.4 Å². The van der Waals surface area contributed by atoms with E-state index < -0.39 is 0 Å². The van der Waals surface area contributed by atoms with Gasteiger partial charge in [0.1, 0.15) is 6.54 Å². The third kappa shape index (κ3) is 4.43. The number of nitrogens with zero attached hydrogens (tertiary/aromatic N) is 3. The number of aromatic nitrogens is 3. The monoisotopic (exact) mass is 386 g/mol. The van der Waals surface area contributed by atoms with Crippen LogP contribution in [0, 0.1) is 6.92 Å². The molecule has 0 spiro atoms. The molecule has 0 aliphatic heterocycles. The highest BCUT2D eigenvalue weighted by molar-refractivity contribution is 6.31. The zero-order valence-corrected chi connectivity index (χ0v) is 15.8. The van der Waals surface area contributed by atoms with Crippen LogP contribution in [0.5, 0.6) is 0 Å². The quantitative estimate of drug-likeness (QED) is 0.700. The van der Waals surface area contributed by atoms with E-state index in [-0.39, 0.29) is 18.0 Å². The number of carbonyl (C=O) groups is 1. The number of aryl methyl sites for hydroxylation is 1. The zero-order valence-electron chi connectivity index (χ0n) is 15.0. The van der Waals surface area contributed by atoms with Crippen molar-refractivity contribution in [1.29, 1.82) is 0 Å². The predicted octanol–water partition coefficient (Wildman–Crippen LogP) is 3.45. The lowest BCUT2D eigenvalue weighted by Crippen LogP contribution is -2.27. The van der Waals surface area contributed by atoms with E-state index in [9.17, 15) is 9.59 Å². The van der Waals surface area contributed by atoms with E-state index >= 15 is 0 Å². The lowest BCUT2D eigenvalue weighted by atomic mass is 10.2. The van der Waals surface area contributed by atoms with Crippen molar-refractivity contribution < 1.29 is 9.32 Å². The van der Waals surface area contributed by atoms with E-state index in [1.807, 2.05) is 13.8 Å². The van der Waals surface area contributed by atoms with Crippen molar-refractivity contribution in [2.45, 2.75) is 33.2 Å². The number of pyridine rings is 1. The minimum atomic E-state index is -0.336. The molecule has 0 saturated heterocycles. The van der Waals surface area contributed by atoms with Crippen LogP contribution in [0.1, 0.15) is 24.7 Å². The highest BCUT2D eigenvalue weighted by atomic mass is 35.5. The molecule has 3 aromatic rings. The Morgan fingerprint density at radius 2 is 2.11 bits per heavy atom. The largest absolute Gasteiger partial charge is 0.334 e. The van der Waals surface area contributed by atoms with Gasteiger partial charge in [0.25, 0.3) is 11.4 Å². The molecule has 3 rings (SSSR count). The van der Waals surface area contributed by atoms with Crippen LogP contribution in [0.25, 0.3) is 11.5 Å². The average molecular weight is 387 g/mol. The molecule has 0 saturated carbocycles. The molecule has 2 aromatic heterocycles. The van der Waals surface area contributed by atoms with Gasteiger partial charge in [-0.25, -0.2) is 0 Å². The Morgan fingerprint density at radius 3 is 2.89 bits per heavy atom. The molecule has 0 atom stereocenters. The van der Waals surface area contributed by atoms with Crippen molar-refractivity contribution >= 4 is 23.2 Å². The number of anilines is 1. The average Bonchev–Trinajstić information content (AvgIpc) is 3.10. The van der Waals surface area contributed by atoms with Gasteiger partial charge in [-0.2, -0.15) is 4.98 Å². The molecular formula is C19H19ClN4O3. The summed E-state index contributed by atoms with van der Waals surface area (Å²) < 4.78 is 6.54. The minimum Gasteiger partial charge on any atom is -0.334 e. The molecule has 7 nitrogen and oxygen atoms in total. The van der Waals surface area contributed by atoms with Crippen LogP contribution in [0.3, 0.4) is 0 Å². The summed E-state index contributed by atoms with van der Waals surface area (Å²) >= 11 is 6.07. The summed E-state index contributed by atoms with van der Waals surface area (Å²) in [6.07, 6.45) is 3.15. The van der Waals surface area contributed by atoms with Gasteiger partial charge in [0.2, 0.25) is 5.91 Å². The van der Waals surface area contributed by atoms with Crippen molar-refractivity contribution in [2.75, 3.05) is 5.32 Å². The molecule has 0 fully saturated rings. The first-order valence-electron chi connectivity index (χ1n) is 8.56. The predicted molar refractivity (Wildman–Crippen MR) is 103 cm³/mol. The van der Waals surface area contributed by atoms with E-state index in [1.54, 1.807) is 24.3 Å². The van der Waals surface area contributed by atoms with Gasteiger partial charge in [-0.05, 0) is 37.1 Å². The Hall–Kier alpha value is -2.93. The smallest absolute Gasteiger partial charge is 0.259 e. The Bertz CT molecular complexity index is 1030. The SMILES string of the molecule is CCCc1noc(-c2ccc(=O)n(CC(=O)Nc3cccc(Cl)c3C)c2)n1. The Balaban J connectivity index is 1.79. The number of hydrogen-bond donors (Lipinski definition) is 1. The molecule has 27 heavy (non-hydrogen) atoms. The van der Waals surface area contributed by atoms with Gasteiger partial charge >= 0.3 is 0 Å². The first-order chi connectivity index (χ1) is 13.0. The Morgan fingerprint density at radius 1 is 1.30 bits per heavy atom. The fourth-order valence-electron chi connectivity index (χ4n) is 2.57. The normalized spacial score (nSPS) is 10.8. The third-order valence-electron chi connectivity index (χ3n) is 4.03. The van der Waals surface area contributed by atoms with Gasteiger partial charge in [0, 0.05) is 29.4 Å². The molecule has 0 bridgehead atoms. The van der Waals surface area contributed by atoms with Gasteiger partial charge in [0.15, 0.2) is 5.82 Å². The number of amides is 1. The first kappa shape index (κ1) is 18.8. The second-order valence-electron chi connectivity index (χ2n) is 6.11. The van der Waals surface area contributed by atoms with Crippen molar-refractivity contribution in [2.24, 2.45) is 0 Å². The highest BCUT2D eigenvalue weighted by Crippen LogP contribution is 2.23. The van der Waals surface area contributed by atoms with E-state index in [0.29, 0.717) is 34.4 Å². The molecular weight excluding hydrogens is 368 g/mol. The molecule has 2 heterocycles. The Kier molecular flexibility index (Phi) is 5.71. The Labute approximate surface area is 161 Å². The topological polar surface area (TPSA) is 90.0 Å². The van der Waals surface area contributed by atoms with Crippen LogP contribution in [-0.4, -0.2) is 20.6 Å². The lowest BCUT2D eigenvalue weighted by molar-refractivity contribution is -0.116. The highest BCUT2D eigenvalue weighted by Gasteiger charge is 2.12. The first-order valence-corrected chi connectivity index (χ1v) is 8.94. The van der Waals surface area contributed by atoms with E-state index in [2.05, 4.69) is 15.5 Å². The number of hydrogen-bond acceptors (Lipinski definition) is 5. The summed E-state index contributed by atoms with van der Waals surface area (Å²) in [6.45, 7) is 3.69. The third-order valence-corrected chi connectivity index (χ3v) is 4.44. The van der Waals surface area contributed by atoms with Gasteiger partial charge in [-0.15, -0.1) is 0 Å². The van der Waals surface area contributed by atoms with Gasteiger partial charge in [-0.3, -0.25) is 9.59 Å². The van der Waals surface area contributed by atoms with E-state index in [0.717, 1.165) is 12.0 Å². The molecule has 140 valence electrons. The van der Waals surface area contributed by atoms with Crippen LogP contribution >= 0.6 is 11.6 Å². The standard InChI is InChI=1S/C19H19ClN4O3/c1-3-5-16-22-19(27-23-16)13-8-9-18(26)24(10-13)11-17(25)21-15-7-4-6-14(20)12(15)2/h4,6-10H,3,5,11H2,1-2H3,(H,21,25). The summed E-state index contributed by atoms with van der Waals surface area (Å²) in [4.78, 5) is 28.8. The number of nitrogens with one attached hydrogen (secondary N) is 1.